The molecule has 0 spiro atoms. The van der Waals surface area contributed by atoms with Crippen molar-refractivity contribution in [3.8, 4) is 17.0 Å². The Morgan fingerprint density at radius 2 is 2.35 bits per heavy atom. The number of aromatic carboxylic acids is 1. The minimum absolute atomic E-state index is 0.0186. The second-order valence-corrected chi connectivity index (χ2v) is 3.66. The van der Waals surface area contributed by atoms with E-state index in [1.165, 1.54) is 18.2 Å². The van der Waals surface area contributed by atoms with Crippen LogP contribution in [-0.2, 0) is 6.61 Å². The van der Waals surface area contributed by atoms with E-state index in [-0.39, 0.29) is 12.3 Å². The first-order valence-electron chi connectivity index (χ1n) is 4.90. The van der Waals surface area contributed by atoms with E-state index in [1.807, 2.05) is 0 Å². The van der Waals surface area contributed by atoms with Crippen molar-refractivity contribution in [1.82, 2.24) is 10.2 Å². The molecule has 0 fully saturated rings. The summed E-state index contributed by atoms with van der Waals surface area (Å²) in [5.74, 6) is -1.02. The summed E-state index contributed by atoms with van der Waals surface area (Å²) in [6.07, 6.45) is 0. The largest absolute Gasteiger partial charge is 0.488 e. The van der Waals surface area contributed by atoms with E-state index >= 15 is 0 Å². The second-order valence-electron chi connectivity index (χ2n) is 3.66. The van der Waals surface area contributed by atoms with E-state index < -0.39 is 11.8 Å². The molecule has 1 aliphatic heterocycles. The molecule has 2 N–H and O–H groups in total. The van der Waals surface area contributed by atoms with Crippen molar-refractivity contribution in [1.29, 1.82) is 0 Å². The molecule has 1 aliphatic rings. The molecule has 6 heteroatoms. The van der Waals surface area contributed by atoms with E-state index in [9.17, 15) is 9.18 Å². The molecule has 86 valence electrons. The van der Waals surface area contributed by atoms with Crippen molar-refractivity contribution in [3.05, 3.63) is 35.3 Å². The number of nitrogens with one attached hydrogen (secondary N) is 1. The highest BCUT2D eigenvalue weighted by Crippen LogP contribution is 2.37. The molecule has 1 aromatic carbocycles. The molecule has 0 aliphatic carbocycles. The molecule has 1 aromatic heterocycles. The molecule has 0 unspecified atom stereocenters. The van der Waals surface area contributed by atoms with Gasteiger partial charge in [0, 0.05) is 5.56 Å². The van der Waals surface area contributed by atoms with Crippen molar-refractivity contribution in [2.24, 2.45) is 0 Å². The molecule has 0 atom stereocenters. The van der Waals surface area contributed by atoms with Crippen LogP contribution in [-0.4, -0.2) is 21.3 Å². The van der Waals surface area contributed by atoms with Gasteiger partial charge in [-0.05, 0) is 18.2 Å². The molecule has 0 radical (unpaired) electrons. The lowest BCUT2D eigenvalue weighted by atomic mass is 10.0. The van der Waals surface area contributed by atoms with Gasteiger partial charge in [0.15, 0.2) is 5.69 Å². The lowest BCUT2D eigenvalue weighted by Gasteiger charge is -2.16. The number of carboxylic acid groups (broad SMARTS) is 1. The number of benzene rings is 1. The number of aromatic amines is 1. The van der Waals surface area contributed by atoms with Gasteiger partial charge in [0.05, 0.1) is 5.56 Å². The molecule has 0 amide bonds. The number of rotatable bonds is 1. The van der Waals surface area contributed by atoms with E-state index in [0.29, 0.717) is 22.6 Å². The summed E-state index contributed by atoms with van der Waals surface area (Å²) in [5, 5.41) is 15.3. The van der Waals surface area contributed by atoms with Gasteiger partial charge in [0.2, 0.25) is 0 Å². The van der Waals surface area contributed by atoms with E-state index in [4.69, 9.17) is 9.84 Å². The highest BCUT2D eigenvalue weighted by molar-refractivity contribution is 5.90. The van der Waals surface area contributed by atoms with Crippen LogP contribution in [0.3, 0.4) is 0 Å². The number of halogens is 1. The average Bonchev–Trinajstić information content (AvgIpc) is 2.72. The molecule has 0 bridgehead atoms. The first-order valence-corrected chi connectivity index (χ1v) is 4.90. The van der Waals surface area contributed by atoms with Crippen LogP contribution >= 0.6 is 0 Å². The lowest BCUT2D eigenvalue weighted by molar-refractivity contribution is 0.0687. The topological polar surface area (TPSA) is 75.2 Å². The summed E-state index contributed by atoms with van der Waals surface area (Å²) in [6, 6.07) is 4.07. The fourth-order valence-corrected chi connectivity index (χ4v) is 1.87. The molecular weight excluding hydrogens is 227 g/mol. The summed E-state index contributed by atoms with van der Waals surface area (Å²) in [5.41, 5.74) is 1.32. The summed E-state index contributed by atoms with van der Waals surface area (Å²) in [6.45, 7) is 0.117. The molecule has 3 rings (SSSR count). The normalized spacial score (nSPS) is 12.5. The van der Waals surface area contributed by atoms with Crippen LogP contribution < -0.4 is 4.74 Å². The number of hydrogen-bond acceptors (Lipinski definition) is 3. The zero-order chi connectivity index (χ0) is 12.0. The van der Waals surface area contributed by atoms with Gasteiger partial charge >= 0.3 is 5.97 Å². The van der Waals surface area contributed by atoms with Crippen LogP contribution in [0.15, 0.2) is 18.2 Å². The number of fused-ring (bicyclic) bond motifs is 3. The Morgan fingerprint density at radius 3 is 3.12 bits per heavy atom. The number of ether oxygens (including phenoxy) is 1. The van der Waals surface area contributed by atoms with Gasteiger partial charge in [0.25, 0.3) is 0 Å². The number of hydrogen-bond donors (Lipinski definition) is 2. The minimum Gasteiger partial charge on any atom is -0.488 e. The lowest BCUT2D eigenvalue weighted by Crippen LogP contribution is -2.09. The molecule has 17 heavy (non-hydrogen) atoms. The Hall–Kier alpha value is -2.37. The van der Waals surface area contributed by atoms with Crippen molar-refractivity contribution in [3.63, 3.8) is 0 Å². The first kappa shape index (κ1) is 9.83. The number of aromatic nitrogens is 2. The number of H-pyrrole nitrogens is 1. The maximum Gasteiger partial charge on any atom is 0.354 e. The predicted molar refractivity (Wildman–Crippen MR) is 55.3 cm³/mol. The van der Waals surface area contributed by atoms with Crippen molar-refractivity contribution >= 4 is 5.97 Å². The van der Waals surface area contributed by atoms with Crippen molar-refractivity contribution in [2.45, 2.75) is 6.61 Å². The highest BCUT2D eigenvalue weighted by Gasteiger charge is 2.26. The molecule has 2 aromatic rings. The maximum absolute atomic E-state index is 13.1. The van der Waals surface area contributed by atoms with E-state index in [0.717, 1.165) is 0 Å². The fraction of sp³-hybridized carbons (Fsp3) is 0.0909. The SMILES string of the molecule is O=C(O)c1[nH]nc2c1COc1ccc(F)cc1-2. The quantitative estimate of drug-likeness (QED) is 0.788. The molecule has 2 heterocycles. The van der Waals surface area contributed by atoms with Gasteiger partial charge in [-0.1, -0.05) is 0 Å². The van der Waals surface area contributed by atoms with Crippen LogP contribution in [0.1, 0.15) is 16.1 Å². The smallest absolute Gasteiger partial charge is 0.354 e. The third-order valence-electron chi connectivity index (χ3n) is 2.65. The van der Waals surface area contributed by atoms with E-state index in [2.05, 4.69) is 10.2 Å². The number of carboxylic acids is 1. The molecule has 0 saturated carbocycles. The van der Waals surface area contributed by atoms with Gasteiger partial charge < -0.3 is 9.84 Å². The maximum atomic E-state index is 13.1. The van der Waals surface area contributed by atoms with Crippen LogP contribution in [0, 0.1) is 5.82 Å². The third-order valence-corrected chi connectivity index (χ3v) is 2.65. The van der Waals surface area contributed by atoms with Gasteiger partial charge in [-0.15, -0.1) is 0 Å². The first-order chi connectivity index (χ1) is 8.16. The fourth-order valence-electron chi connectivity index (χ4n) is 1.87. The third kappa shape index (κ3) is 1.37. The van der Waals surface area contributed by atoms with Crippen molar-refractivity contribution in [2.75, 3.05) is 0 Å². The van der Waals surface area contributed by atoms with Crippen LogP contribution in [0.4, 0.5) is 4.39 Å². The summed E-state index contributed by atoms with van der Waals surface area (Å²) < 4.78 is 18.5. The average molecular weight is 234 g/mol. The van der Waals surface area contributed by atoms with Gasteiger partial charge in [0.1, 0.15) is 23.9 Å². The number of nitrogens with zero attached hydrogens (tertiary/aromatic N) is 1. The standard InChI is InChI=1S/C11H7FN2O3/c12-5-1-2-8-6(3-5)9-7(4-17-8)10(11(15)16)14-13-9/h1-3H,4H2,(H,13,14)(H,15,16). The zero-order valence-corrected chi connectivity index (χ0v) is 8.53. The highest BCUT2D eigenvalue weighted by atomic mass is 19.1. The Balaban J connectivity index is 2.23. The van der Waals surface area contributed by atoms with Crippen LogP contribution in [0.25, 0.3) is 11.3 Å². The molecular formula is C11H7FN2O3. The summed E-state index contributed by atoms with van der Waals surface area (Å²) in [4.78, 5) is 10.9. The Labute approximate surface area is 94.8 Å². The monoisotopic (exact) mass is 234 g/mol. The van der Waals surface area contributed by atoms with Gasteiger partial charge in [-0.3, -0.25) is 5.10 Å². The van der Waals surface area contributed by atoms with Gasteiger partial charge in [-0.25, -0.2) is 9.18 Å². The van der Waals surface area contributed by atoms with Crippen molar-refractivity contribution < 1.29 is 19.0 Å². The number of carbonyl (C=O) groups is 1. The zero-order valence-electron chi connectivity index (χ0n) is 8.53. The van der Waals surface area contributed by atoms with Crippen LogP contribution in [0.5, 0.6) is 5.75 Å². The Morgan fingerprint density at radius 1 is 1.53 bits per heavy atom. The summed E-state index contributed by atoms with van der Waals surface area (Å²) >= 11 is 0. The Kier molecular flexibility index (Phi) is 1.91. The molecule has 0 saturated heterocycles. The van der Waals surface area contributed by atoms with E-state index in [1.54, 1.807) is 0 Å². The minimum atomic E-state index is -1.11. The second kappa shape index (κ2) is 3.31. The Bertz CT molecular complexity index is 621. The van der Waals surface area contributed by atoms with Crippen LogP contribution in [0.2, 0.25) is 0 Å². The van der Waals surface area contributed by atoms with Gasteiger partial charge in [-0.2, -0.15) is 5.10 Å². The molecule has 5 nitrogen and oxygen atoms in total. The summed E-state index contributed by atoms with van der Waals surface area (Å²) in [7, 11) is 0. The predicted octanol–water partition coefficient (Wildman–Crippen LogP) is 1.81.